The van der Waals surface area contributed by atoms with Crippen LogP contribution in [0.5, 0.6) is 5.75 Å². The first-order valence-electron chi connectivity index (χ1n) is 9.80. The number of methoxy groups -OCH3 is 1. The number of nitrogens with zero attached hydrogens (tertiary/aromatic N) is 2. The van der Waals surface area contributed by atoms with Gasteiger partial charge < -0.3 is 19.9 Å². The summed E-state index contributed by atoms with van der Waals surface area (Å²) in [4.78, 5) is 40.8. The smallest absolute Gasteiger partial charge is 0.241 e. The fourth-order valence-corrected chi connectivity index (χ4v) is 3.57. The lowest BCUT2D eigenvalue weighted by Gasteiger charge is -2.41. The Hall–Kier alpha value is -2.57. The van der Waals surface area contributed by atoms with E-state index in [2.05, 4.69) is 12.2 Å². The number of carbonyl (C=O) groups excluding carboxylic acids is 3. The third kappa shape index (κ3) is 5.03. The van der Waals surface area contributed by atoms with Crippen molar-refractivity contribution in [3.8, 4) is 5.75 Å². The Morgan fingerprint density at radius 2 is 2.00 bits per heavy atom. The summed E-state index contributed by atoms with van der Waals surface area (Å²) in [6.45, 7) is 2.62. The van der Waals surface area contributed by atoms with Gasteiger partial charge in [0.15, 0.2) is 0 Å². The van der Waals surface area contributed by atoms with Gasteiger partial charge in [-0.15, -0.1) is 0 Å². The standard InChI is InChI=1S/C21H31N3O4/c1-5-6-13-24-18(25)12-11-16(21(27)22-14-19(26)23(2)3)20(24)15-9-7-8-10-17(15)28-4/h7-10,16,20H,5-6,11-14H2,1-4H3,(H,22,27)/t16-,20+/m1/s1. The van der Waals surface area contributed by atoms with Crippen LogP contribution in [0.3, 0.4) is 0 Å². The summed E-state index contributed by atoms with van der Waals surface area (Å²) in [5, 5.41) is 2.75. The molecule has 2 atom stereocenters. The molecule has 0 saturated carbocycles. The molecule has 1 fully saturated rings. The predicted molar refractivity (Wildman–Crippen MR) is 107 cm³/mol. The molecule has 1 aliphatic rings. The predicted octanol–water partition coefficient (Wildman–Crippen LogP) is 1.98. The van der Waals surface area contributed by atoms with Crippen LogP contribution in [0, 0.1) is 5.92 Å². The summed E-state index contributed by atoms with van der Waals surface area (Å²) in [6.07, 6.45) is 2.60. The minimum atomic E-state index is -0.430. The number of benzene rings is 1. The highest BCUT2D eigenvalue weighted by atomic mass is 16.5. The fourth-order valence-electron chi connectivity index (χ4n) is 3.57. The van der Waals surface area contributed by atoms with Crippen molar-refractivity contribution in [3.05, 3.63) is 29.8 Å². The Morgan fingerprint density at radius 3 is 2.64 bits per heavy atom. The molecule has 2 rings (SSSR count). The first-order chi connectivity index (χ1) is 13.4. The van der Waals surface area contributed by atoms with Crippen LogP contribution in [0.15, 0.2) is 24.3 Å². The molecule has 1 aromatic carbocycles. The van der Waals surface area contributed by atoms with Gasteiger partial charge >= 0.3 is 0 Å². The number of nitrogens with one attached hydrogen (secondary N) is 1. The number of amides is 3. The number of unbranched alkanes of at least 4 members (excludes halogenated alkanes) is 1. The van der Waals surface area contributed by atoms with Gasteiger partial charge in [0, 0.05) is 32.6 Å². The highest BCUT2D eigenvalue weighted by Crippen LogP contribution is 2.40. The minimum Gasteiger partial charge on any atom is -0.496 e. The molecule has 0 bridgehead atoms. The van der Waals surface area contributed by atoms with E-state index < -0.39 is 12.0 Å². The molecular weight excluding hydrogens is 358 g/mol. The van der Waals surface area contributed by atoms with E-state index in [0.29, 0.717) is 25.1 Å². The van der Waals surface area contributed by atoms with Crippen molar-refractivity contribution >= 4 is 17.7 Å². The molecule has 0 spiro atoms. The van der Waals surface area contributed by atoms with Crippen molar-refractivity contribution in [3.63, 3.8) is 0 Å². The van der Waals surface area contributed by atoms with Crippen molar-refractivity contribution < 1.29 is 19.1 Å². The average molecular weight is 389 g/mol. The number of likely N-dealkylation sites (tertiary alicyclic amines) is 1. The number of para-hydroxylation sites is 1. The minimum absolute atomic E-state index is 0.0517. The van der Waals surface area contributed by atoms with Crippen LogP contribution in [-0.2, 0) is 14.4 Å². The van der Waals surface area contributed by atoms with E-state index in [1.807, 2.05) is 29.2 Å². The van der Waals surface area contributed by atoms with Crippen LogP contribution in [0.25, 0.3) is 0 Å². The van der Waals surface area contributed by atoms with Gasteiger partial charge in [-0.1, -0.05) is 31.5 Å². The zero-order valence-corrected chi connectivity index (χ0v) is 17.2. The Morgan fingerprint density at radius 1 is 1.29 bits per heavy atom. The van der Waals surface area contributed by atoms with E-state index >= 15 is 0 Å². The summed E-state index contributed by atoms with van der Waals surface area (Å²) in [6, 6.07) is 7.11. The van der Waals surface area contributed by atoms with Crippen LogP contribution in [-0.4, -0.2) is 61.8 Å². The molecule has 28 heavy (non-hydrogen) atoms. The molecule has 1 saturated heterocycles. The van der Waals surface area contributed by atoms with Crippen LogP contribution >= 0.6 is 0 Å². The van der Waals surface area contributed by atoms with Gasteiger partial charge in [-0.05, 0) is 18.9 Å². The molecule has 0 unspecified atom stereocenters. The molecule has 1 aromatic rings. The SMILES string of the molecule is CCCCN1C(=O)CC[C@@H](C(=O)NCC(=O)N(C)C)[C@@H]1c1ccccc1OC. The van der Waals surface area contributed by atoms with Gasteiger partial charge in [0.05, 0.1) is 25.6 Å². The van der Waals surface area contributed by atoms with E-state index in [1.165, 1.54) is 4.90 Å². The molecule has 1 N–H and O–H groups in total. The normalized spacial score (nSPS) is 19.3. The lowest BCUT2D eigenvalue weighted by atomic mass is 9.83. The van der Waals surface area contributed by atoms with Crippen LogP contribution < -0.4 is 10.1 Å². The van der Waals surface area contributed by atoms with Crippen LogP contribution in [0.4, 0.5) is 0 Å². The number of ether oxygens (including phenoxy) is 1. The van der Waals surface area contributed by atoms with Gasteiger partial charge in [0.1, 0.15) is 5.75 Å². The number of hydrogen-bond donors (Lipinski definition) is 1. The second kappa shape index (κ2) is 10.1. The van der Waals surface area contributed by atoms with Gasteiger partial charge in [-0.25, -0.2) is 0 Å². The Kier molecular flexibility index (Phi) is 7.84. The van der Waals surface area contributed by atoms with Crippen molar-refractivity contribution in [2.75, 3.05) is 34.3 Å². The first kappa shape index (κ1) is 21.7. The van der Waals surface area contributed by atoms with Gasteiger partial charge in [-0.3, -0.25) is 14.4 Å². The zero-order chi connectivity index (χ0) is 20.7. The zero-order valence-electron chi connectivity index (χ0n) is 17.2. The molecule has 3 amide bonds. The highest BCUT2D eigenvalue weighted by molar-refractivity contribution is 5.88. The summed E-state index contributed by atoms with van der Waals surface area (Å²) in [5.41, 5.74) is 0.827. The molecule has 0 aliphatic carbocycles. The second-order valence-electron chi connectivity index (χ2n) is 7.28. The van der Waals surface area contributed by atoms with E-state index in [-0.39, 0.29) is 24.3 Å². The molecule has 154 valence electrons. The van der Waals surface area contributed by atoms with Crippen molar-refractivity contribution in [1.82, 2.24) is 15.1 Å². The number of likely N-dealkylation sites (N-methyl/N-ethyl adjacent to an activating group) is 1. The van der Waals surface area contributed by atoms with E-state index in [0.717, 1.165) is 18.4 Å². The van der Waals surface area contributed by atoms with Gasteiger partial charge in [0.2, 0.25) is 17.7 Å². The van der Waals surface area contributed by atoms with Crippen molar-refractivity contribution in [2.45, 2.75) is 38.6 Å². The van der Waals surface area contributed by atoms with Crippen LogP contribution in [0.1, 0.15) is 44.2 Å². The average Bonchev–Trinajstić information content (AvgIpc) is 2.70. The molecule has 7 nitrogen and oxygen atoms in total. The lowest BCUT2D eigenvalue weighted by Crippen LogP contribution is -2.49. The Bertz CT molecular complexity index is 705. The van der Waals surface area contributed by atoms with Crippen molar-refractivity contribution in [2.24, 2.45) is 5.92 Å². The molecular formula is C21H31N3O4. The summed E-state index contributed by atoms with van der Waals surface area (Å²) >= 11 is 0. The van der Waals surface area contributed by atoms with E-state index in [4.69, 9.17) is 4.74 Å². The maximum Gasteiger partial charge on any atom is 0.241 e. The van der Waals surface area contributed by atoms with E-state index in [1.54, 1.807) is 21.2 Å². The largest absolute Gasteiger partial charge is 0.496 e. The maximum atomic E-state index is 13.0. The topological polar surface area (TPSA) is 79.0 Å². The fraction of sp³-hybridized carbons (Fsp3) is 0.571. The second-order valence-corrected chi connectivity index (χ2v) is 7.28. The molecule has 0 aromatic heterocycles. The monoisotopic (exact) mass is 389 g/mol. The van der Waals surface area contributed by atoms with Crippen molar-refractivity contribution in [1.29, 1.82) is 0 Å². The summed E-state index contributed by atoms with van der Waals surface area (Å²) < 4.78 is 5.51. The number of hydrogen-bond acceptors (Lipinski definition) is 4. The summed E-state index contributed by atoms with van der Waals surface area (Å²) in [5.74, 6) is -0.0959. The maximum absolute atomic E-state index is 13.0. The Balaban J connectivity index is 2.34. The first-order valence-corrected chi connectivity index (χ1v) is 9.80. The molecule has 0 radical (unpaired) electrons. The quantitative estimate of drug-likeness (QED) is 0.737. The van der Waals surface area contributed by atoms with Gasteiger partial charge in [-0.2, -0.15) is 0 Å². The molecule has 1 heterocycles. The number of rotatable bonds is 8. The molecule has 1 aliphatic heterocycles. The number of piperidine rings is 1. The van der Waals surface area contributed by atoms with Crippen LogP contribution in [0.2, 0.25) is 0 Å². The lowest BCUT2D eigenvalue weighted by molar-refractivity contribution is -0.144. The third-order valence-electron chi connectivity index (χ3n) is 5.17. The third-order valence-corrected chi connectivity index (χ3v) is 5.17. The molecule has 7 heteroatoms. The van der Waals surface area contributed by atoms with E-state index in [9.17, 15) is 14.4 Å². The summed E-state index contributed by atoms with van der Waals surface area (Å²) in [7, 11) is 4.89. The number of carbonyl (C=O) groups is 3. The highest BCUT2D eigenvalue weighted by Gasteiger charge is 2.41. The Labute approximate surface area is 167 Å². The van der Waals surface area contributed by atoms with Gasteiger partial charge in [0.25, 0.3) is 0 Å².